The minimum Gasteiger partial charge on any atom is -0.309 e. The first-order valence-corrected chi connectivity index (χ1v) is 9.17. The van der Waals surface area contributed by atoms with Crippen molar-refractivity contribution in [2.45, 2.75) is 37.1 Å². The van der Waals surface area contributed by atoms with Crippen molar-refractivity contribution in [3.63, 3.8) is 0 Å². The van der Waals surface area contributed by atoms with Crippen LogP contribution in [-0.2, 0) is 0 Å². The molecule has 1 aliphatic heterocycles. The molecule has 0 aliphatic carbocycles. The molecule has 1 aromatic heterocycles. The predicted molar refractivity (Wildman–Crippen MR) is 90.0 cm³/mol. The second-order valence-corrected chi connectivity index (χ2v) is 7.36. The van der Waals surface area contributed by atoms with Gasteiger partial charge in [-0.2, -0.15) is 0 Å². The van der Waals surface area contributed by atoms with Crippen LogP contribution in [0.25, 0.3) is 0 Å². The van der Waals surface area contributed by atoms with E-state index in [1.165, 1.54) is 33.1 Å². The van der Waals surface area contributed by atoms with Gasteiger partial charge in [0.1, 0.15) is 0 Å². The molecular weight excluding hydrogens is 282 g/mol. The number of hydrogen-bond acceptors (Lipinski definition) is 3. The van der Waals surface area contributed by atoms with Gasteiger partial charge in [0.25, 0.3) is 0 Å². The molecule has 0 radical (unpaired) electrons. The number of aryl methyl sites for hydroxylation is 1. The molecule has 1 aliphatic rings. The molecule has 106 valence electrons. The summed E-state index contributed by atoms with van der Waals surface area (Å²) in [6, 6.07) is 11.6. The number of fused-ring (bicyclic) bond motifs is 1. The Morgan fingerprint density at radius 1 is 1.30 bits per heavy atom. The molecule has 0 saturated carbocycles. The van der Waals surface area contributed by atoms with Gasteiger partial charge in [0.15, 0.2) is 0 Å². The van der Waals surface area contributed by atoms with Crippen LogP contribution in [0.5, 0.6) is 0 Å². The van der Waals surface area contributed by atoms with Crippen molar-refractivity contribution in [1.82, 2.24) is 5.32 Å². The van der Waals surface area contributed by atoms with Crippen molar-refractivity contribution in [2.24, 2.45) is 0 Å². The summed E-state index contributed by atoms with van der Waals surface area (Å²) in [5.74, 6) is 1.79. The first-order valence-electron chi connectivity index (χ1n) is 7.30. The third kappa shape index (κ3) is 2.67. The molecule has 2 atom stereocenters. The maximum Gasteiger partial charge on any atom is 0.0495 e. The Morgan fingerprint density at radius 2 is 2.15 bits per heavy atom. The summed E-state index contributed by atoms with van der Waals surface area (Å²) in [5.41, 5.74) is 2.96. The van der Waals surface area contributed by atoms with Crippen LogP contribution in [0.1, 0.15) is 41.3 Å². The van der Waals surface area contributed by atoms with E-state index in [9.17, 15) is 0 Å². The molecule has 1 nitrogen and oxygen atoms in total. The van der Waals surface area contributed by atoms with Crippen molar-refractivity contribution in [3.05, 3.63) is 51.7 Å². The molecule has 0 amide bonds. The van der Waals surface area contributed by atoms with Gasteiger partial charge in [-0.05, 0) is 48.5 Å². The minimum atomic E-state index is 0.464. The quantitative estimate of drug-likeness (QED) is 0.835. The molecule has 2 heterocycles. The molecule has 1 N–H and O–H groups in total. The summed E-state index contributed by atoms with van der Waals surface area (Å²) in [6.07, 6.45) is 1.18. The van der Waals surface area contributed by atoms with Crippen molar-refractivity contribution in [1.29, 1.82) is 0 Å². The van der Waals surface area contributed by atoms with Gasteiger partial charge in [0.05, 0.1) is 0 Å². The highest BCUT2D eigenvalue weighted by Gasteiger charge is 2.32. The maximum absolute atomic E-state index is 3.79. The van der Waals surface area contributed by atoms with Crippen LogP contribution < -0.4 is 5.32 Å². The average molecular weight is 303 g/mol. The smallest absolute Gasteiger partial charge is 0.0495 e. The van der Waals surface area contributed by atoms with Crippen LogP contribution in [0, 0.1) is 6.92 Å². The Hall–Kier alpha value is -0.770. The molecule has 0 saturated heterocycles. The van der Waals surface area contributed by atoms with Gasteiger partial charge in [0, 0.05) is 27.5 Å². The molecule has 2 unspecified atom stereocenters. The molecular formula is C17H21NS2. The lowest BCUT2D eigenvalue weighted by molar-refractivity contribution is 0.477. The van der Waals surface area contributed by atoms with Crippen molar-refractivity contribution < 1.29 is 0 Å². The van der Waals surface area contributed by atoms with Crippen molar-refractivity contribution in [3.8, 4) is 0 Å². The maximum atomic E-state index is 3.79. The molecule has 0 fully saturated rings. The van der Waals surface area contributed by atoms with Crippen molar-refractivity contribution >= 4 is 23.1 Å². The molecule has 3 rings (SSSR count). The number of benzene rings is 1. The zero-order valence-corrected chi connectivity index (χ0v) is 13.7. The van der Waals surface area contributed by atoms with Gasteiger partial charge in [0.2, 0.25) is 0 Å². The molecule has 20 heavy (non-hydrogen) atoms. The first kappa shape index (κ1) is 14.2. The van der Waals surface area contributed by atoms with Crippen LogP contribution in [-0.4, -0.2) is 12.3 Å². The fourth-order valence-corrected chi connectivity index (χ4v) is 5.24. The van der Waals surface area contributed by atoms with E-state index in [0.717, 1.165) is 6.54 Å². The lowest BCUT2D eigenvalue weighted by Gasteiger charge is -2.25. The van der Waals surface area contributed by atoms with E-state index in [1.807, 2.05) is 23.1 Å². The fourth-order valence-electron chi connectivity index (χ4n) is 2.88. The Bertz CT molecular complexity index is 576. The molecule has 0 spiro atoms. The molecule has 1 aromatic carbocycles. The van der Waals surface area contributed by atoms with E-state index < -0.39 is 0 Å². The van der Waals surface area contributed by atoms with Crippen LogP contribution in [0.15, 0.2) is 40.6 Å². The third-order valence-electron chi connectivity index (χ3n) is 3.94. The van der Waals surface area contributed by atoms with E-state index in [2.05, 4.69) is 54.9 Å². The van der Waals surface area contributed by atoms with Gasteiger partial charge in [-0.25, -0.2) is 0 Å². The highest BCUT2D eigenvalue weighted by atomic mass is 32.2. The highest BCUT2D eigenvalue weighted by molar-refractivity contribution is 7.99. The summed E-state index contributed by atoms with van der Waals surface area (Å²) < 4.78 is 0. The van der Waals surface area contributed by atoms with E-state index in [0.29, 0.717) is 12.0 Å². The van der Waals surface area contributed by atoms with E-state index in [-0.39, 0.29) is 0 Å². The third-order valence-corrected chi connectivity index (χ3v) is 6.25. The largest absolute Gasteiger partial charge is 0.309 e. The Kier molecular flexibility index (Phi) is 4.49. The van der Waals surface area contributed by atoms with Crippen LogP contribution in [0.3, 0.4) is 0 Å². The Labute approximate surface area is 129 Å². The number of rotatable bonds is 5. The molecule has 2 aromatic rings. The van der Waals surface area contributed by atoms with Gasteiger partial charge in [-0.15, -0.1) is 23.1 Å². The van der Waals surface area contributed by atoms with Crippen molar-refractivity contribution in [2.75, 3.05) is 12.3 Å². The van der Waals surface area contributed by atoms with Gasteiger partial charge in [-0.1, -0.05) is 25.1 Å². The second-order valence-electron chi connectivity index (χ2n) is 5.35. The molecule has 3 heteroatoms. The van der Waals surface area contributed by atoms with Crippen LogP contribution >= 0.6 is 23.1 Å². The number of nitrogens with one attached hydrogen (secondary N) is 1. The predicted octanol–water partition coefficient (Wildman–Crippen LogP) is 4.99. The Balaban J connectivity index is 1.93. The number of hydrogen-bond donors (Lipinski definition) is 1. The molecule has 0 bridgehead atoms. The topological polar surface area (TPSA) is 12.0 Å². The lowest BCUT2D eigenvalue weighted by Crippen LogP contribution is -2.27. The zero-order valence-electron chi connectivity index (χ0n) is 12.1. The van der Waals surface area contributed by atoms with Gasteiger partial charge >= 0.3 is 0 Å². The summed E-state index contributed by atoms with van der Waals surface area (Å²) in [7, 11) is 0. The SMILES string of the molecule is CCCNC(c1sccc1C)C1CSc2ccccc21. The first-order chi connectivity index (χ1) is 9.81. The lowest BCUT2D eigenvalue weighted by atomic mass is 9.91. The summed E-state index contributed by atoms with van der Waals surface area (Å²) in [6.45, 7) is 5.56. The van der Waals surface area contributed by atoms with Crippen LogP contribution in [0.4, 0.5) is 0 Å². The van der Waals surface area contributed by atoms with E-state index in [1.54, 1.807) is 0 Å². The number of thiophene rings is 1. The summed E-state index contributed by atoms with van der Waals surface area (Å²) >= 11 is 3.90. The second kappa shape index (κ2) is 6.33. The number of thioether (sulfide) groups is 1. The Morgan fingerprint density at radius 3 is 2.90 bits per heavy atom. The van der Waals surface area contributed by atoms with Gasteiger partial charge in [-0.3, -0.25) is 0 Å². The monoisotopic (exact) mass is 303 g/mol. The zero-order chi connectivity index (χ0) is 13.9. The highest BCUT2D eigenvalue weighted by Crippen LogP contribution is 2.46. The minimum absolute atomic E-state index is 0.464. The van der Waals surface area contributed by atoms with Crippen LogP contribution in [0.2, 0.25) is 0 Å². The fraction of sp³-hybridized carbons (Fsp3) is 0.412. The van der Waals surface area contributed by atoms with E-state index >= 15 is 0 Å². The van der Waals surface area contributed by atoms with E-state index in [4.69, 9.17) is 0 Å². The summed E-state index contributed by atoms with van der Waals surface area (Å²) in [4.78, 5) is 2.98. The summed E-state index contributed by atoms with van der Waals surface area (Å²) in [5, 5.41) is 6.01. The average Bonchev–Trinajstić information content (AvgIpc) is 3.07. The normalized spacial score (nSPS) is 19.0. The standard InChI is InChI=1S/C17H21NS2/c1-3-9-18-16(17-12(2)8-10-19-17)14-11-20-15-7-5-4-6-13(14)15/h4-8,10,14,16,18H,3,9,11H2,1-2H3. The van der Waals surface area contributed by atoms with Gasteiger partial charge < -0.3 is 5.32 Å².